The van der Waals surface area contributed by atoms with E-state index in [1.807, 2.05) is 97.1 Å². The summed E-state index contributed by atoms with van der Waals surface area (Å²) < 4.78 is 18.3. The van der Waals surface area contributed by atoms with Crippen LogP contribution in [0.5, 0.6) is 11.5 Å². The molecule has 14 heteroatoms. The summed E-state index contributed by atoms with van der Waals surface area (Å²) in [4.78, 5) is 58.7. The highest BCUT2D eigenvalue weighted by molar-refractivity contribution is 5.71. The summed E-state index contributed by atoms with van der Waals surface area (Å²) in [5.74, 6) is 0.822. The maximum Gasteiger partial charge on any atom is 0.326 e. The van der Waals surface area contributed by atoms with Crippen LogP contribution in [0.3, 0.4) is 0 Å². The van der Waals surface area contributed by atoms with E-state index in [-0.39, 0.29) is 12.1 Å². The highest BCUT2D eigenvalue weighted by atomic mass is 16.6. The molecule has 2 heterocycles. The molecule has 6 aromatic rings. The summed E-state index contributed by atoms with van der Waals surface area (Å²) >= 11 is 0. The highest BCUT2D eigenvalue weighted by Crippen LogP contribution is 2.19. The van der Waals surface area contributed by atoms with Crippen molar-refractivity contribution in [2.75, 3.05) is 37.9 Å². The van der Waals surface area contributed by atoms with Gasteiger partial charge in [0.1, 0.15) is 53.2 Å². The third kappa shape index (κ3) is 13.7. The molecule has 0 amide bonds. The van der Waals surface area contributed by atoms with Gasteiger partial charge in [-0.3, -0.25) is 28.3 Å². The van der Waals surface area contributed by atoms with Gasteiger partial charge in [-0.25, -0.2) is 9.97 Å². The minimum absolute atomic E-state index is 0.214. The van der Waals surface area contributed by atoms with Crippen molar-refractivity contribution in [1.82, 2.24) is 19.1 Å². The SMILES string of the molecule is COc1ccc(CCCNc2cnc(-c3ccccc3)n(CC(=O)O)c2=O)cc1.COc1ccc(CCCNc2cnc(-c3ccccc3)n(CC(=O)OC(C)(C)C)c2=O)cc1. The predicted molar refractivity (Wildman–Crippen MR) is 241 cm³/mol. The molecule has 62 heavy (non-hydrogen) atoms. The standard InChI is InChI=1S/C26H31N3O4.C22H23N3O4/c1-26(2,3)33-23(30)18-29-24(20-10-6-5-7-11-20)28-17-22(25(29)31)27-16-8-9-19-12-14-21(32-4)15-13-19;1-29-18-11-9-16(10-12-18)6-5-13-23-19-14-24-21(17-7-3-2-4-8-17)25(22(19)28)15-20(26)27/h5-7,10-15,17,27H,8-9,16,18H2,1-4H3;2-4,7-12,14,23H,5-6,13,15H2,1H3,(H,26,27). The lowest BCUT2D eigenvalue weighted by Gasteiger charge is -2.21. The number of benzene rings is 4. The minimum atomic E-state index is -1.09. The Bertz CT molecular complexity index is 2480. The topological polar surface area (TPSA) is 176 Å². The Balaban J connectivity index is 0.000000236. The number of nitrogens with zero attached hydrogens (tertiary/aromatic N) is 4. The zero-order valence-electron chi connectivity index (χ0n) is 35.8. The molecule has 0 atom stereocenters. The fourth-order valence-electron chi connectivity index (χ4n) is 6.41. The number of methoxy groups -OCH3 is 2. The largest absolute Gasteiger partial charge is 0.497 e. The molecular formula is C48H54N6O8. The second-order valence-electron chi connectivity index (χ2n) is 15.2. The number of hydrogen-bond acceptors (Lipinski definition) is 11. The highest BCUT2D eigenvalue weighted by Gasteiger charge is 2.20. The van der Waals surface area contributed by atoms with E-state index in [1.54, 1.807) is 47.1 Å². The fourth-order valence-corrected chi connectivity index (χ4v) is 6.41. The van der Waals surface area contributed by atoms with Gasteiger partial charge in [-0.15, -0.1) is 0 Å². The second-order valence-corrected chi connectivity index (χ2v) is 15.2. The lowest BCUT2D eigenvalue weighted by atomic mass is 10.1. The van der Waals surface area contributed by atoms with Crippen LogP contribution >= 0.6 is 0 Å². The van der Waals surface area contributed by atoms with Crippen LogP contribution in [0.4, 0.5) is 11.4 Å². The molecule has 14 nitrogen and oxygen atoms in total. The van der Waals surface area contributed by atoms with E-state index in [1.165, 1.54) is 32.7 Å². The lowest BCUT2D eigenvalue weighted by molar-refractivity contribution is -0.155. The molecule has 2 aromatic heterocycles. The van der Waals surface area contributed by atoms with Gasteiger partial charge in [0.05, 0.1) is 26.6 Å². The van der Waals surface area contributed by atoms with E-state index >= 15 is 0 Å². The Morgan fingerprint density at radius 1 is 0.613 bits per heavy atom. The molecule has 0 aliphatic carbocycles. The van der Waals surface area contributed by atoms with Crippen molar-refractivity contribution < 1.29 is 28.9 Å². The number of esters is 1. The molecule has 0 bridgehead atoms. The maximum absolute atomic E-state index is 13.2. The normalized spacial score (nSPS) is 10.9. The van der Waals surface area contributed by atoms with Gasteiger partial charge in [0.15, 0.2) is 0 Å². The first-order chi connectivity index (χ1) is 29.8. The van der Waals surface area contributed by atoms with Crippen LogP contribution in [0.25, 0.3) is 22.8 Å². The van der Waals surface area contributed by atoms with Crippen molar-refractivity contribution in [3.05, 3.63) is 153 Å². The first-order valence-electron chi connectivity index (χ1n) is 20.3. The molecule has 6 rings (SSSR count). The average molecular weight is 843 g/mol. The van der Waals surface area contributed by atoms with Crippen LogP contribution in [-0.4, -0.2) is 69.1 Å². The van der Waals surface area contributed by atoms with Gasteiger partial charge in [-0.05, 0) is 81.8 Å². The number of nitrogens with one attached hydrogen (secondary N) is 2. The number of rotatable bonds is 18. The van der Waals surface area contributed by atoms with E-state index in [0.29, 0.717) is 41.7 Å². The van der Waals surface area contributed by atoms with Gasteiger partial charge in [0, 0.05) is 24.2 Å². The molecular weight excluding hydrogens is 789 g/mol. The van der Waals surface area contributed by atoms with Crippen molar-refractivity contribution >= 4 is 23.3 Å². The summed E-state index contributed by atoms with van der Waals surface area (Å²) in [6.07, 6.45) is 6.35. The van der Waals surface area contributed by atoms with Crippen molar-refractivity contribution in [2.24, 2.45) is 0 Å². The second kappa shape index (κ2) is 22.4. The lowest BCUT2D eigenvalue weighted by Crippen LogP contribution is -2.33. The number of ether oxygens (including phenoxy) is 3. The van der Waals surface area contributed by atoms with E-state index in [9.17, 15) is 24.3 Å². The van der Waals surface area contributed by atoms with Crippen LogP contribution in [-0.2, 0) is 40.3 Å². The Morgan fingerprint density at radius 3 is 1.39 bits per heavy atom. The number of carboxylic acid groups (broad SMARTS) is 1. The van der Waals surface area contributed by atoms with Gasteiger partial charge < -0.3 is 30.0 Å². The quantitative estimate of drug-likeness (QED) is 0.0580. The van der Waals surface area contributed by atoms with E-state index < -0.39 is 29.6 Å². The molecule has 0 radical (unpaired) electrons. The summed E-state index contributed by atoms with van der Waals surface area (Å²) in [5, 5.41) is 15.5. The van der Waals surface area contributed by atoms with Gasteiger partial charge in [-0.2, -0.15) is 0 Å². The van der Waals surface area contributed by atoms with Crippen molar-refractivity contribution in [1.29, 1.82) is 0 Å². The monoisotopic (exact) mass is 842 g/mol. The van der Waals surface area contributed by atoms with Crippen molar-refractivity contribution in [3.63, 3.8) is 0 Å². The number of carboxylic acids is 1. The predicted octanol–water partition coefficient (Wildman–Crippen LogP) is 7.35. The molecule has 0 fully saturated rings. The zero-order valence-corrected chi connectivity index (χ0v) is 35.8. The number of carbonyl (C=O) groups excluding carboxylic acids is 1. The molecule has 0 spiro atoms. The first-order valence-corrected chi connectivity index (χ1v) is 20.3. The van der Waals surface area contributed by atoms with Gasteiger partial charge in [-0.1, -0.05) is 84.9 Å². The van der Waals surface area contributed by atoms with Crippen molar-refractivity contribution in [2.45, 2.75) is 65.1 Å². The average Bonchev–Trinajstić information content (AvgIpc) is 3.26. The number of aryl methyl sites for hydroxylation is 2. The Hall–Kier alpha value is -7.22. The Kier molecular flexibility index (Phi) is 16.6. The summed E-state index contributed by atoms with van der Waals surface area (Å²) in [5.41, 5.74) is 3.11. The Labute approximate surface area is 361 Å². The fraction of sp³-hybridized carbons (Fsp3) is 0.292. The number of carbonyl (C=O) groups is 2. The number of hydrogen-bond donors (Lipinski definition) is 3. The number of aliphatic carboxylic acids is 1. The van der Waals surface area contributed by atoms with Crippen molar-refractivity contribution in [3.8, 4) is 34.3 Å². The van der Waals surface area contributed by atoms with E-state index in [0.717, 1.165) is 42.7 Å². The maximum atomic E-state index is 13.2. The summed E-state index contributed by atoms with van der Waals surface area (Å²) in [6, 6.07) is 34.2. The van der Waals surface area contributed by atoms with Crippen LogP contribution in [0, 0.1) is 0 Å². The first kappa shape index (κ1) is 45.9. The van der Waals surface area contributed by atoms with Crippen LogP contribution in [0.15, 0.2) is 131 Å². The third-order valence-corrected chi connectivity index (χ3v) is 9.39. The van der Waals surface area contributed by atoms with Gasteiger partial charge >= 0.3 is 11.9 Å². The molecule has 4 aromatic carbocycles. The molecule has 0 unspecified atom stereocenters. The molecule has 0 aliphatic rings. The van der Waals surface area contributed by atoms with Crippen LogP contribution < -0.4 is 31.2 Å². The molecule has 0 saturated heterocycles. The molecule has 3 N–H and O–H groups in total. The van der Waals surface area contributed by atoms with Gasteiger partial charge in [0.25, 0.3) is 11.1 Å². The third-order valence-electron chi connectivity index (χ3n) is 9.39. The van der Waals surface area contributed by atoms with E-state index in [4.69, 9.17) is 14.2 Å². The summed E-state index contributed by atoms with van der Waals surface area (Å²) in [6.45, 7) is 5.90. The smallest absolute Gasteiger partial charge is 0.326 e. The van der Waals surface area contributed by atoms with Crippen LogP contribution in [0.1, 0.15) is 44.7 Å². The molecule has 324 valence electrons. The van der Waals surface area contributed by atoms with Gasteiger partial charge in [0.2, 0.25) is 0 Å². The minimum Gasteiger partial charge on any atom is -0.497 e. The van der Waals surface area contributed by atoms with Crippen LogP contribution in [0.2, 0.25) is 0 Å². The summed E-state index contributed by atoms with van der Waals surface area (Å²) in [7, 11) is 3.28. The number of anilines is 2. The zero-order chi connectivity index (χ0) is 44.5. The molecule has 0 saturated carbocycles. The number of aromatic nitrogens is 4. The molecule has 0 aliphatic heterocycles. The van der Waals surface area contributed by atoms with E-state index in [2.05, 4.69) is 20.6 Å². The Morgan fingerprint density at radius 2 is 1.02 bits per heavy atom.